The Bertz CT molecular complexity index is 1710. The van der Waals surface area contributed by atoms with Crippen LogP contribution in [0.25, 0.3) is 0 Å². The number of aliphatic hydroxyl groups excluding tert-OH is 2. The lowest BCUT2D eigenvalue weighted by atomic mass is 9.98. The highest BCUT2D eigenvalue weighted by molar-refractivity contribution is 5.74. The zero-order valence-electron chi connectivity index (χ0n) is 48.2. The van der Waals surface area contributed by atoms with Gasteiger partial charge in [0.2, 0.25) is 0 Å². The molecule has 6 atom stereocenters. The fourth-order valence-corrected chi connectivity index (χ4v) is 8.48. The van der Waals surface area contributed by atoms with Crippen LogP contribution in [0.4, 0.5) is 0 Å². The van der Waals surface area contributed by atoms with Crippen molar-refractivity contribution in [1.82, 2.24) is 0 Å². The van der Waals surface area contributed by atoms with Gasteiger partial charge >= 0.3 is 23.9 Å². The summed E-state index contributed by atoms with van der Waals surface area (Å²) in [6, 6.07) is 0. The number of hydrogen-bond acceptors (Lipinski definition) is 11. The number of unbranched alkanes of at least 4 members (excludes halogenated alkanes) is 20. The topological polar surface area (TPSA) is 175 Å². The molecule has 77 heavy (non-hydrogen) atoms. The van der Waals surface area contributed by atoms with Gasteiger partial charge in [0.15, 0.2) is 24.6 Å². The monoisotopic (exact) mass is 1080 g/mol. The van der Waals surface area contributed by atoms with Gasteiger partial charge in [-0.3, -0.25) is 14.4 Å². The lowest BCUT2D eigenvalue weighted by molar-refractivity contribution is -0.301. The SMILES string of the molecule is CC/C=C\C/C=C\C/C=C\C/C=C\CCCCCCC(=O)OC1C(OCC(COC(=O)CCCCCCCCC/C=C\C/C=C\CCCCC)OC(=O)CCCCCCC/C=C\C/C=C\CCC)OC(C(=O)O)C(O)C1O. The molecule has 3 N–H and O–H groups in total. The van der Waals surface area contributed by atoms with Gasteiger partial charge in [0, 0.05) is 19.3 Å². The molecule has 1 rings (SSSR count). The first-order valence-corrected chi connectivity index (χ1v) is 30.2. The average molecular weight is 1080 g/mol. The minimum absolute atomic E-state index is 0.0260. The largest absolute Gasteiger partial charge is 0.479 e. The van der Waals surface area contributed by atoms with Gasteiger partial charge in [-0.05, 0) is 116 Å². The second-order valence-corrected chi connectivity index (χ2v) is 20.2. The van der Waals surface area contributed by atoms with Crippen LogP contribution in [0.15, 0.2) is 97.2 Å². The zero-order chi connectivity index (χ0) is 56.1. The lowest BCUT2D eigenvalue weighted by Crippen LogP contribution is -2.61. The third-order valence-corrected chi connectivity index (χ3v) is 13.1. The summed E-state index contributed by atoms with van der Waals surface area (Å²) in [5, 5.41) is 31.5. The third-order valence-electron chi connectivity index (χ3n) is 13.1. The van der Waals surface area contributed by atoms with Gasteiger partial charge in [-0.15, -0.1) is 0 Å². The predicted octanol–water partition coefficient (Wildman–Crippen LogP) is 15.7. The number of carboxylic acid groups (broad SMARTS) is 1. The highest BCUT2D eigenvalue weighted by Gasteiger charge is 2.50. The van der Waals surface area contributed by atoms with Crippen molar-refractivity contribution in [2.75, 3.05) is 13.2 Å². The van der Waals surface area contributed by atoms with Gasteiger partial charge in [0.1, 0.15) is 18.8 Å². The van der Waals surface area contributed by atoms with Gasteiger partial charge in [-0.25, -0.2) is 4.79 Å². The summed E-state index contributed by atoms with van der Waals surface area (Å²) in [7, 11) is 0. The molecule has 0 aromatic rings. The van der Waals surface area contributed by atoms with Crippen molar-refractivity contribution in [3.05, 3.63) is 97.2 Å². The van der Waals surface area contributed by atoms with Crippen LogP contribution in [0.5, 0.6) is 0 Å². The molecule has 0 bridgehead atoms. The molecule has 1 heterocycles. The number of allylic oxidation sites excluding steroid dienone is 16. The van der Waals surface area contributed by atoms with Crippen LogP contribution in [0, 0.1) is 0 Å². The molecule has 1 saturated heterocycles. The van der Waals surface area contributed by atoms with Gasteiger partial charge in [0.05, 0.1) is 6.61 Å². The van der Waals surface area contributed by atoms with Gasteiger partial charge in [-0.2, -0.15) is 0 Å². The number of ether oxygens (including phenoxy) is 5. The maximum atomic E-state index is 13.1. The third kappa shape index (κ3) is 42.3. The highest BCUT2D eigenvalue weighted by Crippen LogP contribution is 2.26. The van der Waals surface area contributed by atoms with E-state index in [2.05, 4.69) is 118 Å². The molecule has 1 aliphatic heterocycles. The van der Waals surface area contributed by atoms with E-state index < -0.39 is 67.3 Å². The molecule has 0 saturated carbocycles. The minimum Gasteiger partial charge on any atom is -0.479 e. The van der Waals surface area contributed by atoms with Crippen molar-refractivity contribution in [2.24, 2.45) is 0 Å². The summed E-state index contributed by atoms with van der Waals surface area (Å²) in [6.07, 6.45) is 56.5. The Kier molecular flexibility index (Phi) is 48.0. The normalized spacial score (nSPS) is 18.7. The number of aliphatic hydroxyl groups is 2. The maximum Gasteiger partial charge on any atom is 0.335 e. The van der Waals surface area contributed by atoms with E-state index in [1.807, 2.05) is 0 Å². The molecule has 0 aromatic heterocycles. The number of aliphatic carboxylic acids is 1. The molecule has 12 heteroatoms. The minimum atomic E-state index is -1.92. The van der Waals surface area contributed by atoms with Gasteiger partial charge in [-0.1, -0.05) is 201 Å². The van der Waals surface area contributed by atoms with E-state index >= 15 is 0 Å². The van der Waals surface area contributed by atoms with E-state index in [1.165, 1.54) is 38.5 Å². The second-order valence-electron chi connectivity index (χ2n) is 20.2. The van der Waals surface area contributed by atoms with Crippen LogP contribution in [0.2, 0.25) is 0 Å². The molecule has 6 unspecified atom stereocenters. The number of hydrogen-bond donors (Lipinski definition) is 3. The van der Waals surface area contributed by atoms with Crippen molar-refractivity contribution in [1.29, 1.82) is 0 Å². The predicted molar refractivity (Wildman–Crippen MR) is 312 cm³/mol. The van der Waals surface area contributed by atoms with Crippen molar-refractivity contribution >= 4 is 23.9 Å². The van der Waals surface area contributed by atoms with E-state index in [1.54, 1.807) is 0 Å². The van der Waals surface area contributed by atoms with Crippen LogP contribution in [-0.2, 0) is 42.9 Å². The van der Waals surface area contributed by atoms with Crippen molar-refractivity contribution in [2.45, 2.75) is 276 Å². The van der Waals surface area contributed by atoms with Gasteiger partial charge < -0.3 is 39.0 Å². The molecular formula is C65H106O12. The fourth-order valence-electron chi connectivity index (χ4n) is 8.48. The number of carbonyl (C=O) groups excluding carboxylic acids is 3. The Balaban J connectivity index is 2.71. The van der Waals surface area contributed by atoms with Crippen molar-refractivity contribution < 1.29 is 58.2 Å². The highest BCUT2D eigenvalue weighted by atomic mass is 16.7. The molecule has 0 aliphatic carbocycles. The number of esters is 3. The van der Waals surface area contributed by atoms with Crippen LogP contribution in [0.3, 0.4) is 0 Å². The Morgan fingerprint density at radius 2 is 0.844 bits per heavy atom. The van der Waals surface area contributed by atoms with E-state index in [4.69, 9.17) is 23.7 Å². The number of carbonyl (C=O) groups is 4. The molecular weight excluding hydrogens is 973 g/mol. The van der Waals surface area contributed by atoms with Crippen molar-refractivity contribution in [3.63, 3.8) is 0 Å². The first kappa shape index (κ1) is 70.7. The molecule has 438 valence electrons. The Labute approximate surface area is 466 Å². The quantitative estimate of drug-likeness (QED) is 0.0228. The first-order chi connectivity index (χ1) is 37.6. The lowest BCUT2D eigenvalue weighted by Gasteiger charge is -2.40. The zero-order valence-corrected chi connectivity index (χ0v) is 48.2. The molecule has 1 fully saturated rings. The van der Waals surface area contributed by atoms with E-state index in [9.17, 15) is 34.5 Å². The summed E-state index contributed by atoms with van der Waals surface area (Å²) in [5.74, 6) is -3.19. The maximum absolute atomic E-state index is 13.1. The number of rotatable bonds is 50. The van der Waals surface area contributed by atoms with E-state index in [-0.39, 0.29) is 25.9 Å². The van der Waals surface area contributed by atoms with Crippen LogP contribution in [-0.4, -0.2) is 89.2 Å². The Hall–Kier alpha value is -4.36. The first-order valence-electron chi connectivity index (χ1n) is 30.2. The summed E-state index contributed by atoms with van der Waals surface area (Å²) in [4.78, 5) is 51.2. The van der Waals surface area contributed by atoms with Crippen LogP contribution >= 0.6 is 0 Å². The second kappa shape index (κ2) is 52.3. The summed E-state index contributed by atoms with van der Waals surface area (Å²) < 4.78 is 28.4. The van der Waals surface area contributed by atoms with Crippen molar-refractivity contribution in [3.8, 4) is 0 Å². The average Bonchev–Trinajstić information content (AvgIpc) is 3.42. The Morgan fingerprint density at radius 3 is 1.30 bits per heavy atom. The molecule has 12 nitrogen and oxygen atoms in total. The fraction of sp³-hybridized carbons (Fsp3) is 0.692. The van der Waals surface area contributed by atoms with E-state index in [0.717, 1.165) is 141 Å². The molecule has 0 amide bonds. The van der Waals surface area contributed by atoms with Gasteiger partial charge in [0.25, 0.3) is 0 Å². The number of carboxylic acids is 1. The molecule has 0 spiro atoms. The summed E-state index contributed by atoms with van der Waals surface area (Å²) in [6.45, 7) is 5.76. The van der Waals surface area contributed by atoms with Crippen LogP contribution in [0.1, 0.15) is 239 Å². The molecule has 0 aromatic carbocycles. The Morgan fingerprint density at radius 1 is 0.442 bits per heavy atom. The smallest absolute Gasteiger partial charge is 0.335 e. The van der Waals surface area contributed by atoms with E-state index in [0.29, 0.717) is 19.3 Å². The summed E-state index contributed by atoms with van der Waals surface area (Å²) >= 11 is 0. The summed E-state index contributed by atoms with van der Waals surface area (Å²) in [5.41, 5.74) is 0. The van der Waals surface area contributed by atoms with Crippen LogP contribution < -0.4 is 0 Å². The molecule has 1 aliphatic rings. The molecule has 0 radical (unpaired) electrons. The standard InChI is InChI=1S/C65H106O12/c1-4-7-10-13-16-19-22-25-27-29-31-34-36-39-42-45-48-51-57(66)73-54-56(75-58(67)52-49-46-43-40-37-33-24-21-18-15-12-9-6-3)55-74-65-63(61(70)60(69)62(77-65)64(71)72)76-59(68)53-50-47-44-41-38-35-32-30-28-26-23-20-17-14-11-8-5-2/h8,11-12,15-17,19-21,24-28,32,35,56,60-63,65,69-70H,4-7,9-10,13-14,18,22-23,29-31,33-34,36-55H2,1-3H3,(H,71,72)/b11-8-,15-12-,19-16-,20-17-,24-21-,27-25-,28-26-,35-32-.